The standard InChI is InChI=1S/C15H15N7O4/c1-9-4-10(2)21(19-9)15-18-16-8-20(15)17-7-11-5-12(22(24)25)14(23)13(6-11)26-3/h4-8,23H,1-3H3/p-1/b17-7-. The van der Waals surface area contributed by atoms with Gasteiger partial charge in [-0.2, -0.15) is 14.9 Å². The summed E-state index contributed by atoms with van der Waals surface area (Å²) in [5, 5.41) is 39.2. The molecule has 0 atom stereocenters. The number of nitro benzene ring substituents is 1. The molecule has 0 fully saturated rings. The van der Waals surface area contributed by atoms with Crippen molar-refractivity contribution < 1.29 is 14.8 Å². The number of rotatable bonds is 5. The molecule has 0 aliphatic heterocycles. The summed E-state index contributed by atoms with van der Waals surface area (Å²) < 4.78 is 7.84. The number of ether oxygens (including phenoxy) is 1. The Balaban J connectivity index is 2.00. The van der Waals surface area contributed by atoms with Crippen molar-refractivity contribution in [2.75, 3.05) is 7.11 Å². The van der Waals surface area contributed by atoms with Gasteiger partial charge < -0.3 is 9.84 Å². The highest BCUT2D eigenvalue weighted by atomic mass is 16.6. The van der Waals surface area contributed by atoms with Gasteiger partial charge in [0.25, 0.3) is 11.6 Å². The number of methoxy groups -OCH3 is 1. The second-order valence-corrected chi connectivity index (χ2v) is 5.39. The molecule has 0 spiro atoms. The molecule has 134 valence electrons. The smallest absolute Gasteiger partial charge is 0.273 e. The van der Waals surface area contributed by atoms with Crippen molar-refractivity contribution in [3.8, 4) is 17.4 Å². The molecule has 2 heterocycles. The minimum absolute atomic E-state index is 0.136. The van der Waals surface area contributed by atoms with Crippen LogP contribution in [0, 0.1) is 24.0 Å². The summed E-state index contributed by atoms with van der Waals surface area (Å²) in [6.45, 7) is 3.72. The molecule has 0 aliphatic carbocycles. The van der Waals surface area contributed by atoms with Crippen molar-refractivity contribution in [1.29, 1.82) is 0 Å². The van der Waals surface area contributed by atoms with Crippen LogP contribution < -0.4 is 9.84 Å². The predicted octanol–water partition coefficient (Wildman–Crippen LogP) is 0.953. The van der Waals surface area contributed by atoms with Crippen LogP contribution in [0.3, 0.4) is 0 Å². The molecule has 2 aromatic heterocycles. The molecular weight excluding hydrogens is 342 g/mol. The highest BCUT2D eigenvalue weighted by Gasteiger charge is 2.14. The Morgan fingerprint density at radius 2 is 2.08 bits per heavy atom. The molecule has 0 amide bonds. The molecule has 0 aliphatic rings. The second-order valence-electron chi connectivity index (χ2n) is 5.39. The van der Waals surface area contributed by atoms with E-state index in [0.29, 0.717) is 11.5 Å². The van der Waals surface area contributed by atoms with Crippen LogP contribution in [-0.2, 0) is 0 Å². The normalized spacial score (nSPS) is 11.2. The van der Waals surface area contributed by atoms with Crippen LogP contribution in [0.4, 0.5) is 5.69 Å². The van der Waals surface area contributed by atoms with E-state index < -0.39 is 16.4 Å². The molecule has 0 bridgehead atoms. The summed E-state index contributed by atoms with van der Waals surface area (Å²) >= 11 is 0. The van der Waals surface area contributed by atoms with E-state index in [9.17, 15) is 15.2 Å². The Kier molecular flexibility index (Phi) is 4.35. The van der Waals surface area contributed by atoms with E-state index in [0.717, 1.165) is 17.5 Å². The van der Waals surface area contributed by atoms with Crippen LogP contribution in [-0.4, -0.2) is 42.9 Å². The van der Waals surface area contributed by atoms with Gasteiger partial charge in [0.05, 0.1) is 23.9 Å². The van der Waals surface area contributed by atoms with Gasteiger partial charge in [0.2, 0.25) is 0 Å². The summed E-state index contributed by atoms with van der Waals surface area (Å²) in [6, 6.07) is 4.37. The van der Waals surface area contributed by atoms with E-state index in [1.807, 2.05) is 19.9 Å². The van der Waals surface area contributed by atoms with E-state index in [1.165, 1.54) is 30.4 Å². The van der Waals surface area contributed by atoms with Crippen LogP contribution in [0.5, 0.6) is 11.5 Å². The molecule has 11 nitrogen and oxygen atoms in total. The highest BCUT2D eigenvalue weighted by Crippen LogP contribution is 2.33. The zero-order chi connectivity index (χ0) is 18.8. The fraction of sp³-hybridized carbons (Fsp3) is 0.200. The Labute approximate surface area is 147 Å². The molecule has 0 saturated carbocycles. The van der Waals surface area contributed by atoms with Crippen LogP contribution in [0.25, 0.3) is 5.95 Å². The number of nitro groups is 1. The molecule has 0 N–H and O–H groups in total. The number of hydrogen-bond donors (Lipinski definition) is 0. The third-order valence-corrected chi connectivity index (χ3v) is 3.52. The van der Waals surface area contributed by atoms with Gasteiger partial charge in [0, 0.05) is 23.1 Å². The van der Waals surface area contributed by atoms with Crippen molar-refractivity contribution in [3.63, 3.8) is 0 Å². The quantitative estimate of drug-likeness (QED) is 0.377. The maximum absolute atomic E-state index is 11.9. The number of aromatic nitrogens is 5. The van der Waals surface area contributed by atoms with Gasteiger partial charge in [-0.3, -0.25) is 10.1 Å². The predicted molar refractivity (Wildman–Crippen MR) is 88.7 cm³/mol. The van der Waals surface area contributed by atoms with Crippen LogP contribution in [0.1, 0.15) is 17.0 Å². The Morgan fingerprint density at radius 1 is 1.31 bits per heavy atom. The Hall–Kier alpha value is -3.76. The zero-order valence-electron chi connectivity index (χ0n) is 14.2. The first-order valence-corrected chi connectivity index (χ1v) is 7.42. The molecule has 0 saturated heterocycles. The molecule has 0 unspecified atom stereocenters. The van der Waals surface area contributed by atoms with Crippen molar-refractivity contribution in [3.05, 3.63) is 51.6 Å². The van der Waals surface area contributed by atoms with Gasteiger partial charge in [-0.05, 0) is 26.0 Å². The second kappa shape index (κ2) is 6.63. The summed E-state index contributed by atoms with van der Waals surface area (Å²) in [6.07, 6.45) is 2.71. The van der Waals surface area contributed by atoms with E-state index in [4.69, 9.17) is 4.74 Å². The van der Waals surface area contributed by atoms with Crippen molar-refractivity contribution in [2.24, 2.45) is 5.10 Å². The van der Waals surface area contributed by atoms with Crippen molar-refractivity contribution >= 4 is 11.9 Å². The van der Waals surface area contributed by atoms with Gasteiger partial charge in [-0.25, -0.2) is 4.68 Å². The van der Waals surface area contributed by atoms with Crippen molar-refractivity contribution in [2.45, 2.75) is 13.8 Å². The zero-order valence-corrected chi connectivity index (χ0v) is 14.2. The van der Waals surface area contributed by atoms with Crippen LogP contribution in [0.15, 0.2) is 29.6 Å². The fourth-order valence-electron chi connectivity index (χ4n) is 2.37. The largest absolute Gasteiger partial charge is 0.865 e. The topological polar surface area (TPSA) is 136 Å². The first-order valence-electron chi connectivity index (χ1n) is 7.42. The summed E-state index contributed by atoms with van der Waals surface area (Å²) in [5.41, 5.74) is 1.39. The van der Waals surface area contributed by atoms with Crippen LogP contribution in [0.2, 0.25) is 0 Å². The number of nitrogens with zero attached hydrogens (tertiary/aromatic N) is 7. The average Bonchev–Trinajstić information content (AvgIpc) is 3.18. The minimum atomic E-state index is -0.790. The van der Waals surface area contributed by atoms with Gasteiger partial charge in [-0.1, -0.05) is 0 Å². The van der Waals surface area contributed by atoms with Crippen LogP contribution >= 0.6 is 0 Å². The lowest BCUT2D eigenvalue weighted by Crippen LogP contribution is -2.07. The summed E-state index contributed by atoms with van der Waals surface area (Å²) in [4.78, 5) is 10.3. The monoisotopic (exact) mass is 356 g/mol. The van der Waals surface area contributed by atoms with E-state index in [1.54, 1.807) is 4.68 Å². The maximum atomic E-state index is 11.9. The Bertz CT molecular complexity index is 1010. The van der Waals surface area contributed by atoms with Gasteiger partial charge in [-0.15, -0.1) is 10.2 Å². The molecular formula is C15H14N7O4-. The van der Waals surface area contributed by atoms with E-state index in [2.05, 4.69) is 20.4 Å². The fourth-order valence-corrected chi connectivity index (χ4v) is 2.37. The highest BCUT2D eigenvalue weighted by molar-refractivity contribution is 5.83. The first kappa shape index (κ1) is 17.1. The molecule has 11 heteroatoms. The first-order chi connectivity index (χ1) is 12.4. The maximum Gasteiger partial charge on any atom is 0.273 e. The number of aryl methyl sites for hydroxylation is 2. The van der Waals surface area contributed by atoms with Gasteiger partial charge >= 0.3 is 0 Å². The third-order valence-electron chi connectivity index (χ3n) is 3.52. The van der Waals surface area contributed by atoms with Crippen molar-refractivity contribution in [1.82, 2.24) is 24.7 Å². The Morgan fingerprint density at radius 3 is 2.69 bits per heavy atom. The lowest BCUT2D eigenvalue weighted by molar-refractivity contribution is -0.398. The van der Waals surface area contributed by atoms with Gasteiger partial charge in [0.15, 0.2) is 0 Å². The molecule has 0 radical (unpaired) electrons. The van der Waals surface area contributed by atoms with E-state index in [-0.39, 0.29) is 5.75 Å². The van der Waals surface area contributed by atoms with Gasteiger partial charge in [0.1, 0.15) is 12.1 Å². The molecule has 1 aromatic carbocycles. The lowest BCUT2D eigenvalue weighted by Gasteiger charge is -2.13. The molecule has 3 rings (SSSR count). The minimum Gasteiger partial charge on any atom is -0.865 e. The average molecular weight is 356 g/mol. The number of hydrogen-bond acceptors (Lipinski definition) is 8. The summed E-state index contributed by atoms with van der Waals surface area (Å²) in [7, 11) is 1.27. The number of benzene rings is 1. The summed E-state index contributed by atoms with van der Waals surface area (Å²) in [5.74, 6) is -0.570. The third kappa shape index (κ3) is 3.09. The SMILES string of the molecule is COc1cc(/C=N\n2cnnc2-n2nc(C)cc2C)cc([N+](=O)[O-])c1[O-]. The lowest BCUT2D eigenvalue weighted by atomic mass is 10.2. The molecule has 26 heavy (non-hydrogen) atoms. The van der Waals surface area contributed by atoms with E-state index >= 15 is 0 Å². The molecule has 3 aromatic rings.